The predicted octanol–water partition coefficient (Wildman–Crippen LogP) is 2.66. The molecule has 3 rings (SSSR count). The van der Waals surface area contributed by atoms with E-state index in [1.54, 1.807) is 30.3 Å². The fourth-order valence-corrected chi connectivity index (χ4v) is 2.55. The number of hydrogen-bond donors (Lipinski definition) is 1. The van der Waals surface area contributed by atoms with Gasteiger partial charge < -0.3 is 14.5 Å². The number of nitrogens with one attached hydrogen (secondary N) is 1. The first-order valence-electron chi connectivity index (χ1n) is 8.30. The van der Waals surface area contributed by atoms with E-state index in [-0.39, 0.29) is 31.2 Å². The van der Waals surface area contributed by atoms with Crippen LogP contribution in [0.15, 0.2) is 57.9 Å². The largest absolute Gasteiger partial charge is 0.482 e. The molecule has 0 unspecified atom stereocenters. The van der Waals surface area contributed by atoms with E-state index in [9.17, 15) is 9.59 Å². The molecule has 0 fully saturated rings. The predicted molar refractivity (Wildman–Crippen MR) is 101 cm³/mol. The quantitative estimate of drug-likeness (QED) is 0.673. The van der Waals surface area contributed by atoms with Crippen LogP contribution in [-0.4, -0.2) is 28.8 Å². The molecular weight excluding hydrogens is 370 g/mol. The van der Waals surface area contributed by atoms with Crippen LogP contribution in [-0.2, 0) is 11.3 Å². The first kappa shape index (κ1) is 18.7. The molecule has 0 saturated heterocycles. The number of halogens is 1. The molecule has 0 saturated carbocycles. The van der Waals surface area contributed by atoms with Gasteiger partial charge in [0.15, 0.2) is 12.4 Å². The van der Waals surface area contributed by atoms with Crippen molar-refractivity contribution in [2.45, 2.75) is 13.5 Å². The van der Waals surface area contributed by atoms with Crippen molar-refractivity contribution in [3.05, 3.63) is 69.7 Å². The highest BCUT2D eigenvalue weighted by Gasteiger charge is 2.08. The van der Waals surface area contributed by atoms with Gasteiger partial charge in [-0.3, -0.25) is 9.59 Å². The maximum atomic E-state index is 11.9. The maximum absolute atomic E-state index is 11.9. The van der Waals surface area contributed by atoms with Gasteiger partial charge in [0.2, 0.25) is 0 Å². The molecular formula is C19H18ClN3O4. The summed E-state index contributed by atoms with van der Waals surface area (Å²) in [6.07, 6.45) is 1.53. The van der Waals surface area contributed by atoms with Gasteiger partial charge >= 0.3 is 0 Å². The second-order valence-electron chi connectivity index (χ2n) is 5.83. The summed E-state index contributed by atoms with van der Waals surface area (Å²) in [5, 5.41) is 7.37. The molecule has 140 valence electrons. The van der Waals surface area contributed by atoms with Crippen molar-refractivity contribution < 1.29 is 13.9 Å². The van der Waals surface area contributed by atoms with Crippen molar-refractivity contribution in [3.8, 4) is 17.2 Å². The fraction of sp³-hybridized carbons (Fsp3) is 0.211. The Labute approximate surface area is 160 Å². The molecule has 0 atom stereocenters. The third-order valence-electron chi connectivity index (χ3n) is 3.73. The Morgan fingerprint density at radius 1 is 1.30 bits per heavy atom. The van der Waals surface area contributed by atoms with E-state index in [0.717, 1.165) is 5.56 Å². The average Bonchev–Trinajstić information content (AvgIpc) is 3.19. The lowest BCUT2D eigenvalue weighted by Gasteiger charge is -2.10. The summed E-state index contributed by atoms with van der Waals surface area (Å²) in [5.74, 6) is 0.704. The van der Waals surface area contributed by atoms with Crippen LogP contribution in [0.2, 0.25) is 5.02 Å². The minimum atomic E-state index is -0.317. The molecule has 2 aromatic heterocycles. The van der Waals surface area contributed by atoms with Crippen LogP contribution in [0.4, 0.5) is 0 Å². The normalized spacial score (nSPS) is 10.6. The number of aromatic nitrogens is 2. The summed E-state index contributed by atoms with van der Waals surface area (Å²) < 4.78 is 12.0. The SMILES string of the molecule is Cc1ccc(Cl)c(OCC(=O)NCCn2nc(-c3ccco3)ccc2=O)c1. The highest BCUT2D eigenvalue weighted by Crippen LogP contribution is 2.25. The van der Waals surface area contributed by atoms with Crippen LogP contribution in [0.3, 0.4) is 0 Å². The second-order valence-corrected chi connectivity index (χ2v) is 6.24. The van der Waals surface area contributed by atoms with E-state index in [2.05, 4.69) is 10.4 Å². The number of aryl methyl sites for hydroxylation is 1. The molecule has 0 aliphatic rings. The molecule has 7 nitrogen and oxygen atoms in total. The number of hydrogen-bond acceptors (Lipinski definition) is 5. The first-order valence-corrected chi connectivity index (χ1v) is 8.68. The molecule has 1 aromatic carbocycles. The molecule has 2 heterocycles. The molecule has 1 N–H and O–H groups in total. The van der Waals surface area contributed by atoms with Crippen LogP contribution in [0, 0.1) is 6.92 Å². The third-order valence-corrected chi connectivity index (χ3v) is 4.04. The topological polar surface area (TPSA) is 86.4 Å². The minimum Gasteiger partial charge on any atom is -0.482 e. The van der Waals surface area contributed by atoms with Gasteiger partial charge in [0.25, 0.3) is 11.5 Å². The van der Waals surface area contributed by atoms with Crippen LogP contribution in [0.25, 0.3) is 11.5 Å². The Hall–Kier alpha value is -3.06. The number of ether oxygens (including phenoxy) is 1. The Morgan fingerprint density at radius 3 is 2.93 bits per heavy atom. The van der Waals surface area contributed by atoms with Crippen molar-refractivity contribution in [1.29, 1.82) is 0 Å². The monoisotopic (exact) mass is 387 g/mol. The zero-order chi connectivity index (χ0) is 19.2. The average molecular weight is 388 g/mol. The lowest BCUT2D eigenvalue weighted by atomic mass is 10.2. The van der Waals surface area contributed by atoms with E-state index in [1.807, 2.05) is 13.0 Å². The van der Waals surface area contributed by atoms with Crippen LogP contribution < -0.4 is 15.6 Å². The summed E-state index contributed by atoms with van der Waals surface area (Å²) >= 11 is 6.03. The van der Waals surface area contributed by atoms with Gasteiger partial charge in [-0.15, -0.1) is 0 Å². The summed E-state index contributed by atoms with van der Waals surface area (Å²) in [5.41, 5.74) is 1.27. The van der Waals surface area contributed by atoms with Gasteiger partial charge in [-0.25, -0.2) is 4.68 Å². The summed E-state index contributed by atoms with van der Waals surface area (Å²) in [4.78, 5) is 23.9. The Kier molecular flexibility index (Phi) is 5.93. The van der Waals surface area contributed by atoms with Crippen LogP contribution in [0.1, 0.15) is 5.56 Å². The zero-order valence-electron chi connectivity index (χ0n) is 14.6. The lowest BCUT2D eigenvalue weighted by molar-refractivity contribution is -0.123. The van der Waals surface area contributed by atoms with E-state index in [0.29, 0.717) is 22.2 Å². The van der Waals surface area contributed by atoms with Crippen molar-refractivity contribution in [3.63, 3.8) is 0 Å². The maximum Gasteiger partial charge on any atom is 0.266 e. The standard InChI is InChI=1S/C19H18ClN3O4/c1-13-4-5-14(20)17(11-13)27-12-18(24)21-8-9-23-19(25)7-6-15(22-23)16-3-2-10-26-16/h2-7,10-11H,8-9,12H2,1H3,(H,21,24). The van der Waals surface area contributed by atoms with E-state index < -0.39 is 0 Å². The molecule has 8 heteroatoms. The van der Waals surface area contributed by atoms with Crippen LogP contribution in [0.5, 0.6) is 5.75 Å². The smallest absolute Gasteiger partial charge is 0.266 e. The Balaban J connectivity index is 1.52. The van der Waals surface area contributed by atoms with E-state index in [1.165, 1.54) is 17.0 Å². The van der Waals surface area contributed by atoms with Gasteiger partial charge in [0.05, 0.1) is 17.8 Å². The highest BCUT2D eigenvalue weighted by molar-refractivity contribution is 6.32. The number of furan rings is 1. The summed E-state index contributed by atoms with van der Waals surface area (Å²) in [7, 11) is 0. The van der Waals surface area contributed by atoms with E-state index in [4.69, 9.17) is 20.8 Å². The van der Waals surface area contributed by atoms with Gasteiger partial charge in [-0.2, -0.15) is 5.10 Å². The summed E-state index contributed by atoms with van der Waals surface area (Å²) in [6, 6.07) is 11.8. The second kappa shape index (κ2) is 8.55. The molecule has 0 bridgehead atoms. The molecule has 27 heavy (non-hydrogen) atoms. The highest BCUT2D eigenvalue weighted by atomic mass is 35.5. The number of rotatable bonds is 7. The van der Waals surface area contributed by atoms with Crippen molar-refractivity contribution in [2.75, 3.05) is 13.2 Å². The number of amides is 1. The van der Waals surface area contributed by atoms with Gasteiger partial charge in [0.1, 0.15) is 11.4 Å². The van der Waals surface area contributed by atoms with Crippen LogP contribution >= 0.6 is 11.6 Å². The minimum absolute atomic E-state index is 0.169. The number of carbonyl (C=O) groups is 1. The van der Waals surface area contributed by atoms with Crippen molar-refractivity contribution >= 4 is 17.5 Å². The van der Waals surface area contributed by atoms with Crippen molar-refractivity contribution in [2.24, 2.45) is 0 Å². The zero-order valence-corrected chi connectivity index (χ0v) is 15.4. The molecule has 0 aliphatic carbocycles. The van der Waals surface area contributed by atoms with E-state index >= 15 is 0 Å². The Morgan fingerprint density at radius 2 is 2.15 bits per heavy atom. The van der Waals surface area contributed by atoms with Gasteiger partial charge in [-0.1, -0.05) is 17.7 Å². The molecule has 0 spiro atoms. The number of nitrogens with zero attached hydrogens (tertiary/aromatic N) is 2. The lowest BCUT2D eigenvalue weighted by Crippen LogP contribution is -2.34. The number of carbonyl (C=O) groups excluding carboxylic acids is 1. The molecule has 0 aliphatic heterocycles. The first-order chi connectivity index (χ1) is 13.0. The molecule has 3 aromatic rings. The number of benzene rings is 1. The third kappa shape index (κ3) is 4.98. The van der Waals surface area contributed by atoms with Crippen molar-refractivity contribution in [1.82, 2.24) is 15.1 Å². The molecule has 1 amide bonds. The summed E-state index contributed by atoms with van der Waals surface area (Å²) in [6.45, 7) is 2.20. The Bertz CT molecular complexity index is 983. The van der Waals surface area contributed by atoms with Gasteiger partial charge in [0, 0.05) is 12.6 Å². The fourth-order valence-electron chi connectivity index (χ4n) is 2.38. The van der Waals surface area contributed by atoms with Gasteiger partial charge in [-0.05, 0) is 42.8 Å². The molecule has 0 radical (unpaired) electrons.